The molecule has 29 heavy (non-hydrogen) atoms. The molecule has 0 radical (unpaired) electrons. The minimum absolute atomic E-state index is 0.144. The molecular weight excluding hydrogens is 362 g/mol. The molecule has 1 N–H and O–H groups in total. The normalized spacial score (nSPS) is 23.7. The Morgan fingerprint density at radius 3 is 2.66 bits per heavy atom. The second kappa shape index (κ2) is 9.27. The zero-order chi connectivity index (χ0) is 20.1. The van der Waals surface area contributed by atoms with E-state index in [4.69, 9.17) is 0 Å². The number of amides is 2. The maximum absolute atomic E-state index is 12.6. The van der Waals surface area contributed by atoms with Crippen LogP contribution in [0.1, 0.15) is 69.9 Å². The summed E-state index contributed by atoms with van der Waals surface area (Å²) in [6, 6.07) is 5.87. The van der Waals surface area contributed by atoms with E-state index in [9.17, 15) is 9.59 Å². The highest BCUT2D eigenvalue weighted by atomic mass is 16.2. The van der Waals surface area contributed by atoms with Gasteiger partial charge < -0.3 is 10.2 Å². The largest absolute Gasteiger partial charge is 0.355 e. The Morgan fingerprint density at radius 1 is 1.14 bits per heavy atom. The minimum Gasteiger partial charge on any atom is -0.355 e. The Balaban J connectivity index is 1.15. The summed E-state index contributed by atoms with van der Waals surface area (Å²) < 4.78 is 0. The number of hydrogen-bond donors (Lipinski definition) is 1. The molecule has 2 amide bonds. The number of likely N-dealkylation sites (tertiary alicyclic amines) is 1. The van der Waals surface area contributed by atoms with Crippen molar-refractivity contribution in [3.8, 4) is 0 Å². The van der Waals surface area contributed by atoms with Crippen molar-refractivity contribution < 1.29 is 9.59 Å². The summed E-state index contributed by atoms with van der Waals surface area (Å²) in [5.41, 5.74) is 1.17. The first-order chi connectivity index (χ1) is 14.2. The first-order valence-corrected chi connectivity index (χ1v) is 11.6. The number of hydrogen-bond acceptors (Lipinski definition) is 3. The molecule has 1 aromatic rings. The zero-order valence-electron chi connectivity index (χ0n) is 17.6. The lowest BCUT2D eigenvalue weighted by Crippen LogP contribution is -2.40. The van der Waals surface area contributed by atoms with E-state index in [2.05, 4.69) is 15.2 Å². The number of piperidine rings is 1. The third-order valence-corrected chi connectivity index (χ3v) is 7.52. The summed E-state index contributed by atoms with van der Waals surface area (Å²) in [4.78, 5) is 31.5. The Morgan fingerprint density at radius 2 is 1.93 bits per heavy atom. The van der Waals surface area contributed by atoms with Crippen molar-refractivity contribution in [2.45, 2.75) is 70.6 Å². The molecule has 158 valence electrons. The topological polar surface area (TPSA) is 62.3 Å². The quantitative estimate of drug-likeness (QED) is 0.763. The maximum Gasteiger partial charge on any atom is 0.223 e. The molecule has 0 bridgehead atoms. The molecule has 2 saturated carbocycles. The maximum atomic E-state index is 12.6. The van der Waals surface area contributed by atoms with Gasteiger partial charge in [0, 0.05) is 50.3 Å². The SMILES string of the molecule is O=C(NCCc1ccccn1)C1CC12CCN(C(=O)CCC1CCCCC1)CC2. The molecule has 0 aromatic carbocycles. The Bertz CT molecular complexity index is 691. The number of nitrogens with zero attached hydrogens (tertiary/aromatic N) is 2. The highest BCUT2D eigenvalue weighted by Crippen LogP contribution is 2.59. The van der Waals surface area contributed by atoms with Gasteiger partial charge in [-0.25, -0.2) is 0 Å². The van der Waals surface area contributed by atoms with Gasteiger partial charge in [0.15, 0.2) is 0 Å². The third-order valence-electron chi connectivity index (χ3n) is 7.52. The summed E-state index contributed by atoms with van der Waals surface area (Å²) in [6.07, 6.45) is 14.0. The Hall–Kier alpha value is -1.91. The lowest BCUT2D eigenvalue weighted by Gasteiger charge is -2.33. The summed E-state index contributed by atoms with van der Waals surface area (Å²) in [5.74, 6) is 1.44. The van der Waals surface area contributed by atoms with E-state index in [-0.39, 0.29) is 17.2 Å². The van der Waals surface area contributed by atoms with Crippen molar-refractivity contribution in [2.24, 2.45) is 17.3 Å². The fourth-order valence-electron chi connectivity index (χ4n) is 5.42. The molecule has 2 heterocycles. The number of nitrogens with one attached hydrogen (secondary N) is 1. The molecule has 5 nitrogen and oxygen atoms in total. The van der Waals surface area contributed by atoms with Crippen LogP contribution in [0.2, 0.25) is 0 Å². The van der Waals surface area contributed by atoms with Gasteiger partial charge in [0.05, 0.1) is 0 Å². The predicted octanol–water partition coefficient (Wildman–Crippen LogP) is 3.73. The van der Waals surface area contributed by atoms with Gasteiger partial charge in [0.1, 0.15) is 0 Å². The molecule has 3 aliphatic rings. The van der Waals surface area contributed by atoms with E-state index in [1.54, 1.807) is 6.20 Å². The molecule has 1 unspecified atom stereocenters. The predicted molar refractivity (Wildman–Crippen MR) is 113 cm³/mol. The van der Waals surface area contributed by atoms with Crippen LogP contribution in [0.3, 0.4) is 0 Å². The van der Waals surface area contributed by atoms with E-state index in [1.807, 2.05) is 18.2 Å². The van der Waals surface area contributed by atoms with E-state index < -0.39 is 0 Å². The van der Waals surface area contributed by atoms with Gasteiger partial charge >= 0.3 is 0 Å². The first kappa shape index (κ1) is 20.4. The minimum atomic E-state index is 0.144. The van der Waals surface area contributed by atoms with Crippen molar-refractivity contribution in [2.75, 3.05) is 19.6 Å². The van der Waals surface area contributed by atoms with Gasteiger partial charge in [0.2, 0.25) is 11.8 Å². The molecule has 5 heteroatoms. The fraction of sp³-hybridized carbons (Fsp3) is 0.708. The Labute approximate surface area is 174 Å². The monoisotopic (exact) mass is 397 g/mol. The highest BCUT2D eigenvalue weighted by molar-refractivity contribution is 5.83. The van der Waals surface area contributed by atoms with E-state index >= 15 is 0 Å². The lowest BCUT2D eigenvalue weighted by atomic mass is 9.85. The molecule has 4 rings (SSSR count). The van der Waals surface area contributed by atoms with Crippen LogP contribution in [0.25, 0.3) is 0 Å². The van der Waals surface area contributed by atoms with Crippen molar-refractivity contribution in [1.29, 1.82) is 0 Å². The smallest absolute Gasteiger partial charge is 0.223 e. The molecular formula is C24H35N3O2. The van der Waals surface area contributed by atoms with Crippen molar-refractivity contribution in [1.82, 2.24) is 15.2 Å². The number of pyridine rings is 1. The number of carbonyl (C=O) groups is 2. The van der Waals surface area contributed by atoms with Crippen LogP contribution in [-0.2, 0) is 16.0 Å². The molecule has 1 aromatic heterocycles. The standard InChI is InChI=1S/C24H35N3O2/c28-22(10-9-19-6-2-1-3-7-19)27-16-12-24(13-17-27)18-21(24)23(29)26-15-11-20-8-4-5-14-25-20/h4-5,8,14,19,21H,1-3,6-7,9-13,15-18H2,(H,26,29). The van der Waals surface area contributed by atoms with E-state index in [0.29, 0.717) is 12.5 Å². The second-order valence-corrected chi connectivity index (χ2v) is 9.40. The number of carbonyl (C=O) groups excluding carboxylic acids is 2. The molecule has 3 fully saturated rings. The van der Waals surface area contributed by atoms with Gasteiger partial charge in [-0.15, -0.1) is 0 Å². The van der Waals surface area contributed by atoms with Gasteiger partial charge in [0.25, 0.3) is 0 Å². The number of rotatable bonds is 7. The second-order valence-electron chi connectivity index (χ2n) is 9.40. The van der Waals surface area contributed by atoms with Gasteiger partial charge in [-0.3, -0.25) is 14.6 Å². The summed E-state index contributed by atoms with van der Waals surface area (Å²) in [6.45, 7) is 2.32. The molecule has 1 aliphatic heterocycles. The Kier molecular flexibility index (Phi) is 6.51. The average Bonchev–Trinajstić information content (AvgIpc) is 3.47. The van der Waals surface area contributed by atoms with Gasteiger partial charge in [-0.1, -0.05) is 38.2 Å². The summed E-state index contributed by atoms with van der Waals surface area (Å²) >= 11 is 0. The first-order valence-electron chi connectivity index (χ1n) is 11.6. The number of aromatic nitrogens is 1. The highest BCUT2D eigenvalue weighted by Gasteiger charge is 2.58. The molecule has 1 saturated heterocycles. The lowest BCUT2D eigenvalue weighted by molar-refractivity contribution is -0.133. The van der Waals surface area contributed by atoms with E-state index in [1.165, 1.54) is 32.1 Å². The summed E-state index contributed by atoms with van der Waals surface area (Å²) in [5, 5.41) is 3.10. The fourth-order valence-corrected chi connectivity index (χ4v) is 5.42. The van der Waals surface area contributed by atoms with Crippen LogP contribution in [0.5, 0.6) is 0 Å². The van der Waals surface area contributed by atoms with Crippen LogP contribution in [0.15, 0.2) is 24.4 Å². The van der Waals surface area contributed by atoms with Crippen LogP contribution in [0.4, 0.5) is 0 Å². The van der Waals surface area contributed by atoms with Gasteiger partial charge in [-0.05, 0) is 49.1 Å². The molecule has 2 aliphatic carbocycles. The summed E-state index contributed by atoms with van der Waals surface area (Å²) in [7, 11) is 0. The van der Waals surface area contributed by atoms with Crippen LogP contribution in [-0.4, -0.2) is 41.3 Å². The van der Waals surface area contributed by atoms with Crippen LogP contribution < -0.4 is 5.32 Å². The van der Waals surface area contributed by atoms with Crippen molar-refractivity contribution in [3.63, 3.8) is 0 Å². The zero-order valence-corrected chi connectivity index (χ0v) is 17.6. The van der Waals surface area contributed by atoms with Gasteiger partial charge in [-0.2, -0.15) is 0 Å². The van der Waals surface area contributed by atoms with Crippen LogP contribution in [0, 0.1) is 17.3 Å². The average molecular weight is 398 g/mol. The van der Waals surface area contributed by atoms with Crippen molar-refractivity contribution >= 4 is 11.8 Å². The van der Waals surface area contributed by atoms with Crippen LogP contribution >= 0.6 is 0 Å². The third kappa shape index (κ3) is 5.18. The molecule has 1 spiro atoms. The van der Waals surface area contributed by atoms with Crippen molar-refractivity contribution in [3.05, 3.63) is 30.1 Å². The molecule has 1 atom stereocenters. The van der Waals surface area contributed by atoms with E-state index in [0.717, 1.165) is 63.2 Å².